The third kappa shape index (κ3) is 8.21. The van der Waals surface area contributed by atoms with Crippen molar-refractivity contribution in [2.75, 3.05) is 0 Å². The summed E-state index contributed by atoms with van der Waals surface area (Å²) in [6, 6.07) is 7.05. The van der Waals surface area contributed by atoms with E-state index in [0.717, 1.165) is 0 Å². The van der Waals surface area contributed by atoms with Gasteiger partial charge < -0.3 is 13.2 Å². The van der Waals surface area contributed by atoms with Gasteiger partial charge in [0, 0.05) is 18.3 Å². The van der Waals surface area contributed by atoms with Crippen molar-refractivity contribution in [3.8, 4) is 5.75 Å². The van der Waals surface area contributed by atoms with Gasteiger partial charge in [0.05, 0.1) is 0 Å². The molecule has 5 nitrogen and oxygen atoms in total. The van der Waals surface area contributed by atoms with E-state index in [1.807, 2.05) is 45.3 Å². The standard InChI is InChI=1S/C16H27O5PSi2/c1-14(17)19-16-11-9-8-10-15(16)12-13-22(18,20-23(2,3)4)21-24(5,6)7/h8-13H,1-7H3. The van der Waals surface area contributed by atoms with Crippen LogP contribution in [0.25, 0.3) is 6.08 Å². The van der Waals surface area contributed by atoms with Crippen molar-refractivity contribution in [1.82, 2.24) is 0 Å². The van der Waals surface area contributed by atoms with Gasteiger partial charge in [-0.1, -0.05) is 18.2 Å². The third-order valence-corrected chi connectivity index (χ3v) is 9.34. The van der Waals surface area contributed by atoms with E-state index < -0.39 is 30.2 Å². The first kappa shape index (κ1) is 21.1. The van der Waals surface area contributed by atoms with Crippen molar-refractivity contribution in [3.63, 3.8) is 0 Å². The molecule has 0 heterocycles. The van der Waals surface area contributed by atoms with Crippen molar-refractivity contribution in [2.24, 2.45) is 0 Å². The Bertz CT molecular complexity index is 639. The Labute approximate surface area is 146 Å². The quantitative estimate of drug-likeness (QED) is 0.269. The van der Waals surface area contributed by atoms with Crippen molar-refractivity contribution >= 4 is 36.3 Å². The summed E-state index contributed by atoms with van der Waals surface area (Å²) in [5, 5.41) is 0. The minimum atomic E-state index is -3.38. The van der Waals surface area contributed by atoms with Gasteiger partial charge >= 0.3 is 13.6 Å². The fourth-order valence-corrected chi connectivity index (χ4v) is 9.30. The van der Waals surface area contributed by atoms with Gasteiger partial charge in [0.15, 0.2) is 16.6 Å². The number of benzene rings is 1. The maximum atomic E-state index is 13.2. The summed E-state index contributed by atoms with van der Waals surface area (Å²) in [6.07, 6.45) is 1.64. The van der Waals surface area contributed by atoms with Crippen LogP contribution < -0.4 is 4.74 Å². The summed E-state index contributed by atoms with van der Waals surface area (Å²) < 4.78 is 30.1. The fourth-order valence-electron chi connectivity index (χ4n) is 1.88. The van der Waals surface area contributed by atoms with Crippen molar-refractivity contribution < 1.29 is 22.5 Å². The number of carbonyl (C=O) groups is 1. The monoisotopic (exact) mass is 386 g/mol. The Morgan fingerprint density at radius 1 is 1.00 bits per heavy atom. The number of rotatable bonds is 7. The van der Waals surface area contributed by atoms with E-state index >= 15 is 0 Å². The average molecular weight is 387 g/mol. The summed E-state index contributed by atoms with van der Waals surface area (Å²) in [6.45, 7) is 13.1. The van der Waals surface area contributed by atoms with E-state index in [2.05, 4.69) is 0 Å². The van der Waals surface area contributed by atoms with Crippen LogP contribution in [0.2, 0.25) is 39.3 Å². The van der Waals surface area contributed by atoms with Crippen molar-refractivity contribution in [1.29, 1.82) is 0 Å². The van der Waals surface area contributed by atoms with Gasteiger partial charge in [-0.25, -0.2) is 0 Å². The average Bonchev–Trinajstić information content (AvgIpc) is 2.32. The van der Waals surface area contributed by atoms with Crippen molar-refractivity contribution in [2.45, 2.75) is 46.2 Å². The molecule has 1 aromatic carbocycles. The molecule has 0 spiro atoms. The van der Waals surface area contributed by atoms with E-state index in [-0.39, 0.29) is 0 Å². The molecule has 0 fully saturated rings. The highest BCUT2D eigenvalue weighted by Gasteiger charge is 2.34. The summed E-state index contributed by atoms with van der Waals surface area (Å²) >= 11 is 0. The predicted molar refractivity (Wildman–Crippen MR) is 103 cm³/mol. The highest BCUT2D eigenvalue weighted by molar-refractivity contribution is 7.60. The molecule has 0 bridgehead atoms. The molecule has 0 saturated heterocycles. The lowest BCUT2D eigenvalue weighted by molar-refractivity contribution is -0.131. The number of carbonyl (C=O) groups excluding carboxylic acids is 1. The molecule has 0 aliphatic rings. The van der Waals surface area contributed by atoms with Crippen LogP contribution in [0.3, 0.4) is 0 Å². The third-order valence-electron chi connectivity index (χ3n) is 2.41. The minimum Gasteiger partial charge on any atom is -0.426 e. The number of hydrogen-bond donors (Lipinski definition) is 0. The molecule has 0 N–H and O–H groups in total. The van der Waals surface area contributed by atoms with E-state index in [0.29, 0.717) is 11.3 Å². The van der Waals surface area contributed by atoms with E-state index in [1.165, 1.54) is 12.7 Å². The molecular formula is C16H27O5PSi2. The minimum absolute atomic E-state index is 0.407. The van der Waals surface area contributed by atoms with Gasteiger partial charge in [-0.2, -0.15) is 0 Å². The van der Waals surface area contributed by atoms with Crippen LogP contribution in [0.4, 0.5) is 0 Å². The second kappa shape index (κ2) is 7.93. The van der Waals surface area contributed by atoms with E-state index in [9.17, 15) is 9.36 Å². The maximum Gasteiger partial charge on any atom is 0.334 e. The molecule has 0 atom stereocenters. The highest BCUT2D eigenvalue weighted by atomic mass is 31.2. The van der Waals surface area contributed by atoms with Gasteiger partial charge in [0.2, 0.25) is 0 Å². The Balaban J connectivity index is 3.17. The second-order valence-corrected chi connectivity index (χ2v) is 18.7. The Morgan fingerprint density at radius 2 is 1.50 bits per heavy atom. The van der Waals surface area contributed by atoms with Crippen LogP contribution in [0.15, 0.2) is 30.1 Å². The summed E-state index contributed by atoms with van der Waals surface area (Å²) in [5.74, 6) is 1.48. The van der Waals surface area contributed by atoms with Crippen LogP contribution >= 0.6 is 7.60 Å². The fraction of sp³-hybridized carbons (Fsp3) is 0.438. The summed E-state index contributed by atoms with van der Waals surface area (Å²) in [5.41, 5.74) is 0.645. The molecule has 0 aromatic heterocycles. The van der Waals surface area contributed by atoms with Gasteiger partial charge in [-0.15, -0.1) is 0 Å². The molecule has 0 unspecified atom stereocenters. The lowest BCUT2D eigenvalue weighted by atomic mass is 10.2. The molecular weight excluding hydrogens is 359 g/mol. The van der Waals surface area contributed by atoms with E-state index in [4.69, 9.17) is 13.2 Å². The van der Waals surface area contributed by atoms with Gasteiger partial charge in [0.25, 0.3) is 0 Å². The number of esters is 1. The van der Waals surface area contributed by atoms with Crippen LogP contribution in [0.1, 0.15) is 12.5 Å². The first-order chi connectivity index (χ1) is 10.8. The highest BCUT2D eigenvalue weighted by Crippen LogP contribution is 2.54. The zero-order valence-electron chi connectivity index (χ0n) is 15.5. The Hall–Kier alpha value is -0.986. The molecule has 0 aliphatic heterocycles. The Morgan fingerprint density at radius 3 is 1.96 bits per heavy atom. The number of hydrogen-bond acceptors (Lipinski definition) is 5. The Kier molecular flexibility index (Phi) is 6.96. The normalized spacial score (nSPS) is 13.3. The second-order valence-electron chi connectivity index (χ2n) is 7.39. The SMILES string of the molecule is CC(=O)Oc1ccccc1C=CP(=O)(O[Si](C)(C)C)O[Si](C)(C)C. The summed E-state index contributed by atoms with van der Waals surface area (Å²) in [4.78, 5) is 11.2. The first-order valence-electron chi connectivity index (χ1n) is 7.78. The molecule has 1 rings (SSSR count). The molecule has 8 heteroatoms. The first-order valence-corrected chi connectivity index (χ1v) is 16.2. The predicted octanol–water partition coefficient (Wildman–Crippen LogP) is 5.48. The van der Waals surface area contributed by atoms with Crippen LogP contribution in [-0.4, -0.2) is 22.6 Å². The molecule has 0 saturated carbocycles. The zero-order chi connectivity index (χ0) is 18.6. The van der Waals surface area contributed by atoms with Gasteiger partial charge in [-0.3, -0.25) is 9.36 Å². The molecule has 134 valence electrons. The maximum absolute atomic E-state index is 13.2. The topological polar surface area (TPSA) is 61.8 Å². The van der Waals surface area contributed by atoms with E-state index in [1.54, 1.807) is 24.3 Å². The van der Waals surface area contributed by atoms with Crippen LogP contribution in [0, 0.1) is 0 Å². The number of ether oxygens (including phenoxy) is 1. The van der Waals surface area contributed by atoms with Crippen LogP contribution in [-0.2, 0) is 17.8 Å². The lowest BCUT2D eigenvalue weighted by Crippen LogP contribution is -2.29. The van der Waals surface area contributed by atoms with Gasteiger partial charge in [-0.05, 0) is 51.4 Å². The molecule has 1 aromatic rings. The van der Waals surface area contributed by atoms with Crippen molar-refractivity contribution in [3.05, 3.63) is 35.6 Å². The number of para-hydroxylation sites is 1. The zero-order valence-corrected chi connectivity index (χ0v) is 18.3. The lowest BCUT2D eigenvalue weighted by Gasteiger charge is -2.29. The molecule has 0 amide bonds. The molecule has 24 heavy (non-hydrogen) atoms. The summed E-state index contributed by atoms with van der Waals surface area (Å²) in [7, 11) is -7.53. The molecule has 0 radical (unpaired) electrons. The smallest absolute Gasteiger partial charge is 0.334 e. The van der Waals surface area contributed by atoms with Gasteiger partial charge in [0.1, 0.15) is 5.75 Å². The van der Waals surface area contributed by atoms with Crippen LogP contribution in [0.5, 0.6) is 5.75 Å². The largest absolute Gasteiger partial charge is 0.426 e. The molecule has 0 aliphatic carbocycles.